The van der Waals surface area contributed by atoms with Gasteiger partial charge in [-0.05, 0) is 17.2 Å². The van der Waals surface area contributed by atoms with Crippen molar-refractivity contribution in [1.29, 1.82) is 0 Å². The molecule has 3 nitrogen and oxygen atoms in total. The molecule has 0 saturated carbocycles. The van der Waals surface area contributed by atoms with Gasteiger partial charge in [-0.2, -0.15) is 0 Å². The molecular formula is C11H8ClNO2. The van der Waals surface area contributed by atoms with Crippen molar-refractivity contribution in [3.63, 3.8) is 0 Å². The second-order valence-corrected chi connectivity index (χ2v) is 3.41. The second kappa shape index (κ2) is 4.28. The van der Waals surface area contributed by atoms with Gasteiger partial charge in [-0.25, -0.2) is 4.98 Å². The zero-order valence-electron chi connectivity index (χ0n) is 7.81. The Hall–Kier alpha value is -1.61. The summed E-state index contributed by atoms with van der Waals surface area (Å²) in [6.07, 6.45) is 1.83. The van der Waals surface area contributed by atoms with Crippen molar-refractivity contribution in [1.82, 2.24) is 4.98 Å². The van der Waals surface area contributed by atoms with Gasteiger partial charge in [-0.15, -0.1) is 0 Å². The normalized spacial score (nSPS) is 10.2. The first-order valence-corrected chi connectivity index (χ1v) is 4.81. The average molecular weight is 222 g/mol. The van der Waals surface area contributed by atoms with E-state index < -0.39 is 5.24 Å². The molecule has 76 valence electrons. The number of nitrogens with zero attached hydrogens (tertiary/aromatic N) is 1. The molecule has 0 amide bonds. The molecule has 0 aliphatic carbocycles. The monoisotopic (exact) mass is 221 g/mol. The number of hydrogen-bond acceptors (Lipinski definition) is 3. The highest BCUT2D eigenvalue weighted by Crippen LogP contribution is 2.10. The molecule has 0 fully saturated rings. The standard InChI is InChI=1S/C11H8ClNO2/c12-11(14)9-7-15-10(13-9)6-8-4-2-1-3-5-8/h1-5,7H,6H2. The molecule has 0 atom stereocenters. The largest absolute Gasteiger partial charge is 0.448 e. The van der Waals surface area contributed by atoms with Crippen LogP contribution in [0, 0.1) is 0 Å². The van der Waals surface area contributed by atoms with E-state index in [1.807, 2.05) is 30.3 Å². The summed E-state index contributed by atoms with van der Waals surface area (Å²) >= 11 is 5.26. The van der Waals surface area contributed by atoms with Crippen LogP contribution in [0.25, 0.3) is 0 Å². The van der Waals surface area contributed by atoms with Gasteiger partial charge in [0.05, 0.1) is 0 Å². The fourth-order valence-electron chi connectivity index (χ4n) is 1.25. The first-order valence-electron chi connectivity index (χ1n) is 4.44. The van der Waals surface area contributed by atoms with Crippen molar-refractivity contribution >= 4 is 16.8 Å². The topological polar surface area (TPSA) is 43.1 Å². The lowest BCUT2D eigenvalue weighted by Crippen LogP contribution is -1.91. The zero-order valence-corrected chi connectivity index (χ0v) is 8.57. The summed E-state index contributed by atoms with van der Waals surface area (Å²) in [5.41, 5.74) is 1.23. The summed E-state index contributed by atoms with van der Waals surface area (Å²) in [6, 6.07) is 9.74. The van der Waals surface area contributed by atoms with Crippen molar-refractivity contribution in [2.45, 2.75) is 6.42 Å². The number of benzene rings is 1. The average Bonchev–Trinajstić information content (AvgIpc) is 2.68. The Kier molecular flexibility index (Phi) is 2.83. The maximum absolute atomic E-state index is 10.8. The molecule has 0 spiro atoms. The third-order valence-electron chi connectivity index (χ3n) is 1.95. The molecule has 2 rings (SSSR count). The Morgan fingerprint density at radius 1 is 1.33 bits per heavy atom. The van der Waals surface area contributed by atoms with Crippen LogP contribution >= 0.6 is 11.6 Å². The van der Waals surface area contributed by atoms with E-state index in [0.29, 0.717) is 12.3 Å². The number of hydrogen-bond donors (Lipinski definition) is 0. The van der Waals surface area contributed by atoms with Gasteiger partial charge in [0.15, 0.2) is 11.6 Å². The van der Waals surface area contributed by atoms with Crippen molar-refractivity contribution < 1.29 is 9.21 Å². The molecule has 4 heteroatoms. The Morgan fingerprint density at radius 3 is 2.67 bits per heavy atom. The van der Waals surface area contributed by atoms with Crippen LogP contribution < -0.4 is 0 Å². The van der Waals surface area contributed by atoms with E-state index in [-0.39, 0.29) is 5.69 Å². The van der Waals surface area contributed by atoms with Crippen molar-refractivity contribution in [3.8, 4) is 0 Å². The second-order valence-electron chi connectivity index (χ2n) is 3.06. The van der Waals surface area contributed by atoms with Gasteiger partial charge in [0.2, 0.25) is 0 Å². The lowest BCUT2D eigenvalue weighted by atomic mass is 10.1. The Balaban J connectivity index is 2.15. The highest BCUT2D eigenvalue weighted by atomic mass is 35.5. The number of aromatic nitrogens is 1. The minimum atomic E-state index is -0.599. The summed E-state index contributed by atoms with van der Waals surface area (Å²) in [4.78, 5) is 14.7. The lowest BCUT2D eigenvalue weighted by Gasteiger charge is -1.94. The number of oxazole rings is 1. The van der Waals surface area contributed by atoms with Gasteiger partial charge in [0, 0.05) is 6.42 Å². The zero-order chi connectivity index (χ0) is 10.7. The third-order valence-corrected chi connectivity index (χ3v) is 2.14. The molecule has 0 N–H and O–H groups in total. The van der Waals surface area contributed by atoms with Crippen LogP contribution in [0.2, 0.25) is 0 Å². The molecule has 0 unspecified atom stereocenters. The molecule has 15 heavy (non-hydrogen) atoms. The van der Waals surface area contributed by atoms with E-state index in [4.69, 9.17) is 16.0 Å². The predicted octanol–water partition coefficient (Wildman–Crippen LogP) is 2.64. The molecule has 1 heterocycles. The van der Waals surface area contributed by atoms with Crippen LogP contribution in [-0.2, 0) is 6.42 Å². The molecule has 0 aliphatic heterocycles. The number of rotatable bonds is 3. The molecule has 0 radical (unpaired) electrons. The van der Waals surface area contributed by atoms with E-state index in [1.54, 1.807) is 0 Å². The van der Waals surface area contributed by atoms with Crippen molar-refractivity contribution in [2.75, 3.05) is 0 Å². The summed E-state index contributed by atoms with van der Waals surface area (Å²) in [5.74, 6) is 0.491. The van der Waals surface area contributed by atoms with Crippen LogP contribution in [0.3, 0.4) is 0 Å². The van der Waals surface area contributed by atoms with Gasteiger partial charge in [0.1, 0.15) is 6.26 Å². The molecule has 0 aliphatic rings. The van der Waals surface area contributed by atoms with Crippen LogP contribution in [0.4, 0.5) is 0 Å². The van der Waals surface area contributed by atoms with E-state index in [2.05, 4.69) is 4.98 Å². The Morgan fingerprint density at radius 2 is 2.07 bits per heavy atom. The first-order chi connectivity index (χ1) is 7.25. The third kappa shape index (κ3) is 2.44. The first kappa shape index (κ1) is 9.93. The Bertz CT molecular complexity index is 464. The fourth-order valence-corrected chi connectivity index (χ4v) is 1.34. The molecule has 1 aromatic heterocycles. The predicted molar refractivity (Wildman–Crippen MR) is 55.9 cm³/mol. The van der Waals surface area contributed by atoms with Gasteiger partial charge in [-0.3, -0.25) is 4.79 Å². The number of carbonyl (C=O) groups excluding carboxylic acids is 1. The van der Waals surface area contributed by atoms with E-state index in [1.165, 1.54) is 6.26 Å². The Labute approximate surface area is 91.7 Å². The highest BCUT2D eigenvalue weighted by Gasteiger charge is 2.09. The SMILES string of the molecule is O=C(Cl)c1coc(Cc2ccccc2)n1. The fraction of sp³-hybridized carbons (Fsp3) is 0.0909. The summed E-state index contributed by atoms with van der Waals surface area (Å²) in [7, 11) is 0. The molecule has 2 aromatic rings. The van der Waals surface area contributed by atoms with Crippen LogP contribution in [0.5, 0.6) is 0 Å². The molecule has 1 aromatic carbocycles. The molecular weight excluding hydrogens is 214 g/mol. The maximum Gasteiger partial charge on any atom is 0.274 e. The van der Waals surface area contributed by atoms with Gasteiger partial charge < -0.3 is 4.42 Å². The van der Waals surface area contributed by atoms with E-state index in [0.717, 1.165) is 5.56 Å². The van der Waals surface area contributed by atoms with E-state index >= 15 is 0 Å². The van der Waals surface area contributed by atoms with Crippen LogP contribution in [0.15, 0.2) is 41.0 Å². The van der Waals surface area contributed by atoms with Crippen LogP contribution in [0.1, 0.15) is 21.9 Å². The smallest absolute Gasteiger partial charge is 0.274 e. The van der Waals surface area contributed by atoms with Gasteiger partial charge in [-0.1, -0.05) is 30.3 Å². The lowest BCUT2D eigenvalue weighted by molar-refractivity contribution is 0.107. The summed E-state index contributed by atoms with van der Waals surface area (Å²) in [5, 5.41) is -0.599. The summed E-state index contributed by atoms with van der Waals surface area (Å²) < 4.78 is 5.11. The summed E-state index contributed by atoms with van der Waals surface area (Å²) in [6.45, 7) is 0. The maximum atomic E-state index is 10.8. The highest BCUT2D eigenvalue weighted by molar-refractivity contribution is 6.67. The molecule has 0 saturated heterocycles. The van der Waals surface area contributed by atoms with Crippen molar-refractivity contribution in [2.24, 2.45) is 0 Å². The van der Waals surface area contributed by atoms with E-state index in [9.17, 15) is 4.79 Å². The molecule has 0 bridgehead atoms. The number of halogens is 1. The van der Waals surface area contributed by atoms with Crippen LogP contribution in [-0.4, -0.2) is 10.2 Å². The number of carbonyl (C=O) groups is 1. The quantitative estimate of drug-likeness (QED) is 0.749. The van der Waals surface area contributed by atoms with Crippen molar-refractivity contribution in [3.05, 3.63) is 53.7 Å². The minimum Gasteiger partial charge on any atom is -0.448 e. The van der Waals surface area contributed by atoms with Gasteiger partial charge >= 0.3 is 0 Å². The van der Waals surface area contributed by atoms with Gasteiger partial charge in [0.25, 0.3) is 5.24 Å². The minimum absolute atomic E-state index is 0.155.